The minimum absolute atomic E-state index is 0.132. The number of rotatable bonds is 7. The second-order valence-corrected chi connectivity index (χ2v) is 7.38. The molecule has 10 heteroatoms. The van der Waals surface area contributed by atoms with Crippen molar-refractivity contribution in [1.82, 2.24) is 19.5 Å². The van der Waals surface area contributed by atoms with Crippen LogP contribution in [0.2, 0.25) is 5.02 Å². The van der Waals surface area contributed by atoms with Gasteiger partial charge in [0, 0.05) is 37.1 Å². The number of ether oxygens (including phenoxy) is 2. The van der Waals surface area contributed by atoms with Gasteiger partial charge in [0.05, 0.1) is 19.8 Å². The van der Waals surface area contributed by atoms with Gasteiger partial charge in [-0.15, -0.1) is 0 Å². The van der Waals surface area contributed by atoms with Crippen LogP contribution in [0.3, 0.4) is 0 Å². The summed E-state index contributed by atoms with van der Waals surface area (Å²) in [5, 5.41) is 0.522. The number of hydrogen-bond donors (Lipinski definition) is 0. The maximum Gasteiger partial charge on any atom is 0.361 e. The molecule has 1 unspecified atom stereocenters. The molecule has 0 aliphatic heterocycles. The molecular weight excluding hydrogens is 434 g/mol. The minimum Gasteiger partial charge on any atom is -0.489 e. The standard InChI is InChI=1S/C22H24ClN5O4/c1-6-32-21(30)17-19(31-5)20(29)28(4)22(26-17)27(3)18(14-11-24-13(2)25-12-14)15-9-7-8-10-16(15)23/h7-12,18H,6H2,1-5H3. The van der Waals surface area contributed by atoms with Gasteiger partial charge in [0.25, 0.3) is 5.56 Å². The monoisotopic (exact) mass is 457 g/mol. The van der Waals surface area contributed by atoms with Crippen molar-refractivity contribution in [1.29, 1.82) is 0 Å². The Bertz CT molecular complexity index is 1180. The lowest BCUT2D eigenvalue weighted by molar-refractivity contribution is 0.0514. The smallest absolute Gasteiger partial charge is 0.361 e. The Morgan fingerprint density at radius 2 is 1.91 bits per heavy atom. The van der Waals surface area contributed by atoms with Gasteiger partial charge in [-0.3, -0.25) is 9.36 Å². The summed E-state index contributed by atoms with van der Waals surface area (Å²) in [5.74, 6) is -0.0982. The van der Waals surface area contributed by atoms with Crippen molar-refractivity contribution < 1.29 is 14.3 Å². The first-order chi connectivity index (χ1) is 15.3. The van der Waals surface area contributed by atoms with Gasteiger partial charge in [0.15, 0.2) is 5.69 Å². The first-order valence-electron chi connectivity index (χ1n) is 9.88. The summed E-state index contributed by atoms with van der Waals surface area (Å²) in [6.07, 6.45) is 3.39. The van der Waals surface area contributed by atoms with Crippen LogP contribution in [-0.4, -0.2) is 46.3 Å². The molecule has 0 saturated heterocycles. The van der Waals surface area contributed by atoms with E-state index in [4.69, 9.17) is 21.1 Å². The van der Waals surface area contributed by atoms with Gasteiger partial charge in [-0.05, 0) is 25.5 Å². The molecule has 1 atom stereocenters. The number of hydrogen-bond acceptors (Lipinski definition) is 8. The SMILES string of the molecule is CCOC(=O)c1nc(N(C)C(c2cnc(C)nc2)c2ccccc2Cl)n(C)c(=O)c1OC. The number of methoxy groups -OCH3 is 1. The zero-order chi connectivity index (χ0) is 23.4. The highest BCUT2D eigenvalue weighted by molar-refractivity contribution is 6.31. The van der Waals surface area contributed by atoms with Crippen LogP contribution in [0, 0.1) is 6.92 Å². The van der Waals surface area contributed by atoms with Gasteiger partial charge in [-0.1, -0.05) is 29.8 Å². The van der Waals surface area contributed by atoms with Crippen LogP contribution in [0.25, 0.3) is 0 Å². The van der Waals surface area contributed by atoms with Crippen molar-refractivity contribution in [3.05, 3.63) is 74.7 Å². The Kier molecular flexibility index (Phi) is 7.09. The molecular formula is C22H24ClN5O4. The maximum absolute atomic E-state index is 13.0. The van der Waals surface area contributed by atoms with Gasteiger partial charge in [-0.2, -0.15) is 0 Å². The predicted octanol–water partition coefficient (Wildman–Crippen LogP) is 2.94. The number of carbonyl (C=O) groups excluding carboxylic acids is 1. The molecule has 0 saturated carbocycles. The quantitative estimate of drug-likeness (QED) is 0.499. The van der Waals surface area contributed by atoms with Crippen LogP contribution in [0.1, 0.15) is 40.4 Å². The third-order valence-corrected chi connectivity index (χ3v) is 5.26. The first kappa shape index (κ1) is 23.2. The summed E-state index contributed by atoms with van der Waals surface area (Å²) in [6, 6.07) is 6.84. The van der Waals surface area contributed by atoms with Crippen molar-refractivity contribution >= 4 is 23.5 Å². The molecule has 2 aromatic heterocycles. The average Bonchev–Trinajstić information content (AvgIpc) is 2.78. The number of esters is 1. The Labute approximate surface area is 190 Å². The normalized spacial score (nSPS) is 11.7. The number of carbonyl (C=O) groups is 1. The van der Waals surface area contributed by atoms with E-state index in [0.29, 0.717) is 10.8 Å². The summed E-state index contributed by atoms with van der Waals surface area (Å²) in [5.41, 5.74) is 0.767. The number of benzene rings is 1. The third-order valence-electron chi connectivity index (χ3n) is 4.92. The van der Waals surface area contributed by atoms with E-state index < -0.39 is 17.6 Å². The average molecular weight is 458 g/mol. The molecule has 32 heavy (non-hydrogen) atoms. The summed E-state index contributed by atoms with van der Waals surface area (Å²) in [7, 11) is 4.60. The molecule has 0 aliphatic carbocycles. The molecule has 0 amide bonds. The van der Waals surface area contributed by atoms with E-state index in [9.17, 15) is 9.59 Å². The first-order valence-corrected chi connectivity index (χ1v) is 10.3. The van der Waals surface area contributed by atoms with Crippen LogP contribution in [-0.2, 0) is 11.8 Å². The molecule has 0 N–H and O–H groups in total. The van der Waals surface area contributed by atoms with Crippen LogP contribution >= 0.6 is 11.6 Å². The number of aryl methyl sites for hydroxylation is 1. The van der Waals surface area contributed by atoms with E-state index in [2.05, 4.69) is 15.0 Å². The van der Waals surface area contributed by atoms with E-state index in [-0.39, 0.29) is 24.0 Å². The largest absolute Gasteiger partial charge is 0.489 e. The maximum atomic E-state index is 13.0. The van der Waals surface area contributed by atoms with E-state index in [1.807, 2.05) is 18.2 Å². The van der Waals surface area contributed by atoms with E-state index in [1.165, 1.54) is 11.7 Å². The third kappa shape index (κ3) is 4.43. The highest BCUT2D eigenvalue weighted by Crippen LogP contribution is 2.34. The summed E-state index contributed by atoms with van der Waals surface area (Å²) < 4.78 is 11.5. The second-order valence-electron chi connectivity index (χ2n) is 6.98. The van der Waals surface area contributed by atoms with Crippen LogP contribution in [0.4, 0.5) is 5.95 Å². The van der Waals surface area contributed by atoms with Gasteiger partial charge >= 0.3 is 5.97 Å². The van der Waals surface area contributed by atoms with E-state index in [1.54, 1.807) is 51.3 Å². The van der Waals surface area contributed by atoms with Crippen LogP contribution in [0.5, 0.6) is 5.75 Å². The molecule has 0 bridgehead atoms. The Balaban J connectivity index is 2.23. The summed E-state index contributed by atoms with van der Waals surface area (Å²) in [6.45, 7) is 3.59. The zero-order valence-electron chi connectivity index (χ0n) is 18.5. The molecule has 0 radical (unpaired) electrons. The Morgan fingerprint density at radius 1 is 1.25 bits per heavy atom. The molecule has 2 heterocycles. The highest BCUT2D eigenvalue weighted by Gasteiger charge is 2.29. The molecule has 0 aliphatic rings. The van der Waals surface area contributed by atoms with E-state index in [0.717, 1.165) is 11.1 Å². The second kappa shape index (κ2) is 9.78. The van der Waals surface area contributed by atoms with Crippen molar-refractivity contribution in [2.75, 3.05) is 25.7 Å². The number of nitrogens with zero attached hydrogens (tertiary/aromatic N) is 5. The fourth-order valence-corrected chi connectivity index (χ4v) is 3.61. The van der Waals surface area contributed by atoms with Gasteiger partial charge in [-0.25, -0.2) is 19.7 Å². The van der Waals surface area contributed by atoms with Crippen molar-refractivity contribution in [3.8, 4) is 5.75 Å². The zero-order valence-corrected chi connectivity index (χ0v) is 19.3. The molecule has 3 aromatic rings. The van der Waals surface area contributed by atoms with Crippen LogP contribution in [0.15, 0.2) is 41.5 Å². The van der Waals surface area contributed by atoms with Gasteiger partial charge in [0.2, 0.25) is 11.7 Å². The summed E-state index contributed by atoms with van der Waals surface area (Å²) in [4.78, 5) is 40.3. The topological polar surface area (TPSA) is 99.4 Å². The van der Waals surface area contributed by atoms with Crippen molar-refractivity contribution in [2.24, 2.45) is 7.05 Å². The predicted molar refractivity (Wildman–Crippen MR) is 120 cm³/mol. The molecule has 0 spiro atoms. The highest BCUT2D eigenvalue weighted by atomic mass is 35.5. The van der Waals surface area contributed by atoms with Crippen molar-refractivity contribution in [3.63, 3.8) is 0 Å². The summed E-state index contributed by atoms with van der Waals surface area (Å²) >= 11 is 6.52. The van der Waals surface area contributed by atoms with Crippen molar-refractivity contribution in [2.45, 2.75) is 19.9 Å². The molecule has 168 valence electrons. The lowest BCUT2D eigenvalue weighted by Crippen LogP contribution is -2.34. The van der Waals surface area contributed by atoms with Gasteiger partial charge < -0.3 is 14.4 Å². The molecule has 1 aromatic carbocycles. The number of aromatic nitrogens is 4. The lowest BCUT2D eigenvalue weighted by atomic mass is 10.00. The number of anilines is 1. The molecule has 0 fully saturated rings. The van der Waals surface area contributed by atoms with Gasteiger partial charge in [0.1, 0.15) is 5.82 Å². The van der Waals surface area contributed by atoms with Crippen LogP contribution < -0.4 is 15.2 Å². The Morgan fingerprint density at radius 3 is 2.50 bits per heavy atom. The Hall–Kier alpha value is -3.46. The van der Waals surface area contributed by atoms with E-state index >= 15 is 0 Å². The lowest BCUT2D eigenvalue weighted by Gasteiger charge is -2.31. The molecule has 3 rings (SSSR count). The minimum atomic E-state index is -0.746. The fourth-order valence-electron chi connectivity index (χ4n) is 3.38. The number of halogens is 1. The molecule has 9 nitrogen and oxygen atoms in total. The fraction of sp³-hybridized carbons (Fsp3) is 0.318.